The van der Waals surface area contributed by atoms with E-state index < -0.39 is 0 Å². The highest BCUT2D eigenvalue weighted by molar-refractivity contribution is 7.20. The molecule has 4 rings (SSSR count). The molecule has 2 saturated heterocycles. The summed E-state index contributed by atoms with van der Waals surface area (Å²) in [6.45, 7) is 9.75. The van der Waals surface area contributed by atoms with Gasteiger partial charge in [-0.2, -0.15) is 0 Å². The molecular formula is C24H32Cl2N4O2S. The van der Waals surface area contributed by atoms with Crippen molar-refractivity contribution < 1.29 is 9.59 Å². The number of piperidine rings is 1. The molecule has 0 aliphatic carbocycles. The van der Waals surface area contributed by atoms with Crippen LogP contribution in [0.3, 0.4) is 0 Å². The second-order valence-corrected chi connectivity index (χ2v) is 10.2. The van der Waals surface area contributed by atoms with Crippen LogP contribution in [-0.2, 0) is 4.79 Å². The highest BCUT2D eigenvalue weighted by atomic mass is 35.5. The smallest absolute Gasteiger partial charge is 0.264 e. The van der Waals surface area contributed by atoms with E-state index in [1.54, 1.807) is 11.0 Å². The van der Waals surface area contributed by atoms with Crippen LogP contribution in [0.25, 0.3) is 10.1 Å². The lowest BCUT2D eigenvalue weighted by molar-refractivity contribution is -0.134. The van der Waals surface area contributed by atoms with Crippen molar-refractivity contribution in [3.8, 4) is 0 Å². The van der Waals surface area contributed by atoms with Crippen molar-refractivity contribution in [2.24, 2.45) is 0 Å². The van der Waals surface area contributed by atoms with Gasteiger partial charge in [0.2, 0.25) is 5.91 Å². The lowest BCUT2D eigenvalue weighted by atomic mass is 10.0. The fourth-order valence-corrected chi connectivity index (χ4v) is 5.91. The first-order valence-electron chi connectivity index (χ1n) is 11.2. The maximum Gasteiger partial charge on any atom is 0.264 e. The first kappa shape index (κ1) is 26.0. The standard InChI is InChI=1S/C24H31ClN4O2S.ClH/c1-3-8-29(24(31)22-15-18-4-5-19(25)16-21(18)32-22)17-23(30)28-13-11-27(12-14-28)20-6-9-26(2)10-7-20;/h3-5,15-16,20H,1,6-14,17H2,2H3;1H. The zero-order valence-corrected chi connectivity index (χ0v) is 21.4. The number of halogens is 2. The maximum atomic E-state index is 13.2. The van der Waals surface area contributed by atoms with Crippen molar-refractivity contribution in [1.82, 2.24) is 19.6 Å². The number of rotatable bonds is 6. The summed E-state index contributed by atoms with van der Waals surface area (Å²) in [7, 11) is 2.18. The largest absolute Gasteiger partial charge is 0.339 e. The summed E-state index contributed by atoms with van der Waals surface area (Å²) in [5.74, 6) is -0.132. The normalized spacial score (nSPS) is 18.2. The Morgan fingerprint density at radius 2 is 1.85 bits per heavy atom. The molecule has 0 spiro atoms. The number of amides is 2. The highest BCUT2D eigenvalue weighted by Crippen LogP contribution is 2.29. The molecule has 1 aromatic carbocycles. The van der Waals surface area contributed by atoms with Crippen molar-refractivity contribution in [2.75, 3.05) is 59.4 Å². The third-order valence-electron chi connectivity index (χ3n) is 6.53. The fraction of sp³-hybridized carbons (Fsp3) is 0.500. The molecule has 0 atom stereocenters. The Labute approximate surface area is 211 Å². The van der Waals surface area contributed by atoms with Crippen LogP contribution < -0.4 is 0 Å². The Morgan fingerprint density at radius 1 is 1.15 bits per heavy atom. The number of carbonyl (C=O) groups is 2. The number of likely N-dealkylation sites (tertiary alicyclic amines) is 1. The molecule has 180 valence electrons. The monoisotopic (exact) mass is 510 g/mol. The summed E-state index contributed by atoms with van der Waals surface area (Å²) in [6.07, 6.45) is 4.08. The van der Waals surface area contributed by atoms with Crippen LogP contribution in [0.2, 0.25) is 5.02 Å². The Bertz CT molecular complexity index is 982. The van der Waals surface area contributed by atoms with Crippen LogP contribution in [0.5, 0.6) is 0 Å². The minimum Gasteiger partial charge on any atom is -0.339 e. The molecule has 9 heteroatoms. The van der Waals surface area contributed by atoms with Crippen molar-refractivity contribution >= 4 is 57.2 Å². The SMILES string of the molecule is C=CCN(CC(=O)N1CCN(C2CCN(C)CC2)CC1)C(=O)c1cc2ccc(Cl)cc2s1.Cl. The fourth-order valence-electron chi connectivity index (χ4n) is 4.60. The average molecular weight is 512 g/mol. The highest BCUT2D eigenvalue weighted by Gasteiger charge is 2.29. The van der Waals surface area contributed by atoms with Gasteiger partial charge in [0.05, 0.1) is 4.88 Å². The summed E-state index contributed by atoms with van der Waals surface area (Å²) in [4.78, 5) is 35.2. The Balaban J connectivity index is 0.00000306. The summed E-state index contributed by atoms with van der Waals surface area (Å²) < 4.78 is 0.968. The molecule has 6 nitrogen and oxygen atoms in total. The Kier molecular flexibility index (Phi) is 9.18. The summed E-state index contributed by atoms with van der Waals surface area (Å²) in [6, 6.07) is 8.10. The van der Waals surface area contributed by atoms with E-state index in [-0.39, 0.29) is 30.8 Å². The molecule has 2 fully saturated rings. The van der Waals surface area contributed by atoms with Gasteiger partial charge in [-0.05, 0) is 56.6 Å². The van der Waals surface area contributed by atoms with E-state index in [2.05, 4.69) is 23.4 Å². The van der Waals surface area contributed by atoms with E-state index in [9.17, 15) is 9.59 Å². The quantitative estimate of drug-likeness (QED) is 0.553. The van der Waals surface area contributed by atoms with Gasteiger partial charge in [0.1, 0.15) is 6.54 Å². The van der Waals surface area contributed by atoms with E-state index in [1.807, 2.05) is 29.2 Å². The predicted octanol–water partition coefficient (Wildman–Crippen LogP) is 3.84. The van der Waals surface area contributed by atoms with Gasteiger partial charge in [0.25, 0.3) is 5.91 Å². The van der Waals surface area contributed by atoms with E-state index in [4.69, 9.17) is 11.6 Å². The van der Waals surface area contributed by atoms with Crippen molar-refractivity contribution in [2.45, 2.75) is 18.9 Å². The number of fused-ring (bicyclic) bond motifs is 1. The van der Waals surface area contributed by atoms with Gasteiger partial charge in [-0.15, -0.1) is 30.3 Å². The molecule has 0 unspecified atom stereocenters. The Hall–Kier alpha value is -1.64. The summed E-state index contributed by atoms with van der Waals surface area (Å²) >= 11 is 7.49. The number of piperazine rings is 1. The molecule has 0 radical (unpaired) electrons. The number of hydrogen-bond donors (Lipinski definition) is 0. The van der Waals surface area contributed by atoms with Crippen LogP contribution in [-0.4, -0.2) is 96.9 Å². The third kappa shape index (κ3) is 6.28. The van der Waals surface area contributed by atoms with E-state index in [0.717, 1.165) is 49.4 Å². The summed E-state index contributed by atoms with van der Waals surface area (Å²) in [5, 5.41) is 1.63. The first-order chi connectivity index (χ1) is 15.4. The molecule has 33 heavy (non-hydrogen) atoms. The van der Waals surface area contributed by atoms with Crippen molar-refractivity contribution in [3.63, 3.8) is 0 Å². The maximum absolute atomic E-state index is 13.2. The molecule has 2 aromatic rings. The zero-order valence-electron chi connectivity index (χ0n) is 19.0. The molecule has 0 bridgehead atoms. The van der Waals surface area contributed by atoms with Gasteiger partial charge < -0.3 is 14.7 Å². The lowest BCUT2D eigenvalue weighted by Gasteiger charge is -2.42. The van der Waals surface area contributed by atoms with Gasteiger partial charge in [-0.3, -0.25) is 14.5 Å². The molecule has 0 saturated carbocycles. The summed E-state index contributed by atoms with van der Waals surface area (Å²) in [5.41, 5.74) is 0. The van der Waals surface area contributed by atoms with Crippen LogP contribution in [0.4, 0.5) is 0 Å². The topological polar surface area (TPSA) is 47.1 Å². The second kappa shape index (κ2) is 11.7. The predicted molar refractivity (Wildman–Crippen MR) is 139 cm³/mol. The Morgan fingerprint density at radius 3 is 2.52 bits per heavy atom. The van der Waals surface area contributed by atoms with Crippen molar-refractivity contribution in [1.29, 1.82) is 0 Å². The van der Waals surface area contributed by atoms with E-state index in [0.29, 0.717) is 22.5 Å². The number of nitrogens with zero attached hydrogens (tertiary/aromatic N) is 4. The van der Waals surface area contributed by atoms with Gasteiger partial charge in [0, 0.05) is 48.5 Å². The number of benzene rings is 1. The van der Waals surface area contributed by atoms with Gasteiger partial charge in [0.15, 0.2) is 0 Å². The number of carbonyl (C=O) groups excluding carboxylic acids is 2. The van der Waals surface area contributed by atoms with Crippen molar-refractivity contribution in [3.05, 3.63) is 46.8 Å². The van der Waals surface area contributed by atoms with Gasteiger partial charge in [-0.25, -0.2) is 0 Å². The van der Waals surface area contributed by atoms with Crippen LogP contribution in [0.15, 0.2) is 36.9 Å². The number of hydrogen-bond acceptors (Lipinski definition) is 5. The number of thiophene rings is 1. The van der Waals surface area contributed by atoms with Crippen LogP contribution in [0, 0.1) is 0 Å². The molecular weight excluding hydrogens is 479 g/mol. The van der Waals surface area contributed by atoms with Gasteiger partial charge >= 0.3 is 0 Å². The van der Waals surface area contributed by atoms with Crippen LogP contribution in [0.1, 0.15) is 22.5 Å². The third-order valence-corrected chi connectivity index (χ3v) is 7.85. The molecule has 1 aromatic heterocycles. The zero-order chi connectivity index (χ0) is 22.7. The minimum absolute atomic E-state index is 0. The lowest BCUT2D eigenvalue weighted by Crippen LogP contribution is -2.55. The average Bonchev–Trinajstić information content (AvgIpc) is 3.22. The van der Waals surface area contributed by atoms with E-state index in [1.165, 1.54) is 24.2 Å². The van der Waals surface area contributed by atoms with E-state index >= 15 is 0 Å². The molecule has 2 aliphatic rings. The molecule has 2 aliphatic heterocycles. The first-order valence-corrected chi connectivity index (χ1v) is 12.4. The van der Waals surface area contributed by atoms with Crippen LogP contribution >= 0.6 is 35.3 Å². The van der Waals surface area contributed by atoms with Gasteiger partial charge in [-0.1, -0.05) is 23.7 Å². The molecule has 3 heterocycles. The molecule has 2 amide bonds. The minimum atomic E-state index is -0.138. The molecule has 0 N–H and O–H groups in total. The second-order valence-electron chi connectivity index (χ2n) is 8.72.